The van der Waals surface area contributed by atoms with Crippen LogP contribution in [0.3, 0.4) is 0 Å². The number of hydrogen-bond acceptors (Lipinski definition) is 4. The maximum Gasteiger partial charge on any atom is 0.243 e. The lowest BCUT2D eigenvalue weighted by molar-refractivity contribution is 0.387. The minimum Gasteiger partial charge on any atom is -0.236 e. The Morgan fingerprint density at radius 1 is 1.00 bits per heavy atom. The fraction of sp³-hybridized carbons (Fsp3) is 0.158. The SMILES string of the molecule is O=S(=O)(c1cccc(Cl)c1)N1CCc2nc(-c3ccc(Cl)cc3)ncc2C1. The van der Waals surface area contributed by atoms with E-state index in [-0.39, 0.29) is 11.4 Å². The lowest BCUT2D eigenvalue weighted by Crippen LogP contribution is -2.36. The number of hydrogen-bond donors (Lipinski definition) is 0. The van der Waals surface area contributed by atoms with Gasteiger partial charge in [-0.1, -0.05) is 29.3 Å². The van der Waals surface area contributed by atoms with Crippen LogP contribution in [-0.4, -0.2) is 29.2 Å². The molecule has 0 atom stereocenters. The summed E-state index contributed by atoms with van der Waals surface area (Å²) >= 11 is 11.9. The first-order valence-corrected chi connectivity index (χ1v) is 10.5. The Morgan fingerprint density at radius 2 is 1.78 bits per heavy atom. The van der Waals surface area contributed by atoms with Crippen LogP contribution >= 0.6 is 23.2 Å². The smallest absolute Gasteiger partial charge is 0.236 e. The average Bonchev–Trinajstić information content (AvgIpc) is 2.68. The van der Waals surface area contributed by atoms with E-state index in [4.69, 9.17) is 23.2 Å². The van der Waals surface area contributed by atoms with Crippen molar-refractivity contribution in [2.24, 2.45) is 0 Å². The Labute approximate surface area is 167 Å². The van der Waals surface area contributed by atoms with Crippen molar-refractivity contribution < 1.29 is 8.42 Å². The molecule has 1 aliphatic heterocycles. The van der Waals surface area contributed by atoms with E-state index >= 15 is 0 Å². The van der Waals surface area contributed by atoms with Crippen LogP contribution in [0.2, 0.25) is 10.0 Å². The second-order valence-corrected chi connectivity index (χ2v) is 9.03. The lowest BCUT2D eigenvalue weighted by Gasteiger charge is -2.27. The van der Waals surface area contributed by atoms with E-state index in [0.717, 1.165) is 16.8 Å². The molecule has 2 heterocycles. The third-order valence-corrected chi connectivity index (χ3v) is 6.76. The van der Waals surface area contributed by atoms with Gasteiger partial charge in [-0.2, -0.15) is 4.31 Å². The standard InChI is InChI=1S/C19H15Cl2N3O2S/c20-15-6-4-13(5-7-15)19-22-11-14-12-24(9-8-18(14)23-19)27(25,26)17-3-1-2-16(21)10-17/h1-7,10-11H,8-9,12H2. The average molecular weight is 420 g/mol. The zero-order valence-electron chi connectivity index (χ0n) is 14.1. The Morgan fingerprint density at radius 3 is 2.52 bits per heavy atom. The summed E-state index contributed by atoms with van der Waals surface area (Å²) in [4.78, 5) is 9.21. The van der Waals surface area contributed by atoms with E-state index in [2.05, 4.69) is 9.97 Å². The molecule has 0 N–H and O–H groups in total. The Kier molecular flexibility index (Phi) is 4.90. The van der Waals surface area contributed by atoms with E-state index in [1.54, 1.807) is 36.5 Å². The van der Waals surface area contributed by atoms with Gasteiger partial charge in [0.1, 0.15) is 0 Å². The van der Waals surface area contributed by atoms with Gasteiger partial charge >= 0.3 is 0 Å². The number of sulfonamides is 1. The van der Waals surface area contributed by atoms with Gasteiger partial charge in [0.15, 0.2) is 5.82 Å². The predicted octanol–water partition coefficient (Wildman–Crippen LogP) is 4.20. The van der Waals surface area contributed by atoms with Crippen LogP contribution in [0.5, 0.6) is 0 Å². The van der Waals surface area contributed by atoms with Crippen molar-refractivity contribution >= 4 is 33.2 Å². The summed E-state index contributed by atoms with van der Waals surface area (Å²) in [6, 6.07) is 13.6. The zero-order chi connectivity index (χ0) is 19.0. The predicted molar refractivity (Wildman–Crippen MR) is 105 cm³/mol. The van der Waals surface area contributed by atoms with Crippen molar-refractivity contribution in [2.45, 2.75) is 17.9 Å². The highest BCUT2D eigenvalue weighted by atomic mass is 35.5. The third-order valence-electron chi connectivity index (χ3n) is 4.44. The van der Waals surface area contributed by atoms with E-state index < -0.39 is 10.0 Å². The van der Waals surface area contributed by atoms with Crippen LogP contribution < -0.4 is 0 Å². The highest BCUT2D eigenvalue weighted by molar-refractivity contribution is 7.89. The fourth-order valence-electron chi connectivity index (χ4n) is 3.01. The molecule has 0 aliphatic carbocycles. The van der Waals surface area contributed by atoms with Crippen LogP contribution in [0, 0.1) is 0 Å². The summed E-state index contributed by atoms with van der Waals surface area (Å²) in [6.07, 6.45) is 2.23. The van der Waals surface area contributed by atoms with Crippen molar-refractivity contribution in [1.29, 1.82) is 0 Å². The molecule has 0 saturated carbocycles. The molecule has 8 heteroatoms. The maximum atomic E-state index is 12.9. The molecular formula is C19H15Cl2N3O2S. The zero-order valence-corrected chi connectivity index (χ0v) is 16.5. The van der Waals surface area contributed by atoms with Gasteiger partial charge in [-0.25, -0.2) is 18.4 Å². The summed E-state index contributed by atoms with van der Waals surface area (Å²) in [7, 11) is -3.62. The molecule has 1 aliphatic rings. The van der Waals surface area contributed by atoms with Gasteiger partial charge < -0.3 is 0 Å². The van der Waals surface area contributed by atoms with Crippen molar-refractivity contribution in [3.05, 3.63) is 76.0 Å². The first-order chi connectivity index (χ1) is 12.9. The van der Waals surface area contributed by atoms with Gasteiger partial charge in [-0.05, 0) is 42.5 Å². The summed E-state index contributed by atoms with van der Waals surface area (Å²) in [5, 5.41) is 1.04. The number of rotatable bonds is 3. The maximum absolute atomic E-state index is 12.9. The fourth-order valence-corrected chi connectivity index (χ4v) is 4.86. The number of benzene rings is 2. The van der Waals surface area contributed by atoms with Gasteiger partial charge in [0.25, 0.3) is 0 Å². The van der Waals surface area contributed by atoms with Crippen LogP contribution in [0.1, 0.15) is 11.3 Å². The third kappa shape index (κ3) is 3.71. The number of nitrogens with zero attached hydrogens (tertiary/aromatic N) is 3. The summed E-state index contributed by atoms with van der Waals surface area (Å²) in [6.45, 7) is 0.601. The molecule has 0 fully saturated rings. The molecule has 4 rings (SSSR count). The molecule has 0 bridgehead atoms. The minimum atomic E-state index is -3.62. The van der Waals surface area contributed by atoms with E-state index in [1.165, 1.54) is 10.4 Å². The van der Waals surface area contributed by atoms with Crippen molar-refractivity contribution in [1.82, 2.24) is 14.3 Å². The molecule has 0 saturated heterocycles. The van der Waals surface area contributed by atoms with Gasteiger partial charge in [-0.15, -0.1) is 0 Å². The van der Waals surface area contributed by atoms with Crippen LogP contribution in [0.4, 0.5) is 0 Å². The summed E-state index contributed by atoms with van der Waals surface area (Å²) in [5.41, 5.74) is 2.55. The molecule has 3 aromatic rings. The normalized spacial score (nSPS) is 14.7. The highest BCUT2D eigenvalue weighted by Gasteiger charge is 2.29. The summed E-state index contributed by atoms with van der Waals surface area (Å²) in [5.74, 6) is 0.608. The number of halogens is 2. The van der Waals surface area contributed by atoms with E-state index in [1.807, 2.05) is 12.1 Å². The quantitative estimate of drug-likeness (QED) is 0.637. The summed E-state index contributed by atoms with van der Waals surface area (Å²) < 4.78 is 27.2. The van der Waals surface area contributed by atoms with Crippen molar-refractivity contribution in [3.63, 3.8) is 0 Å². The van der Waals surface area contributed by atoms with Crippen LogP contribution in [-0.2, 0) is 23.0 Å². The molecule has 27 heavy (non-hydrogen) atoms. The monoisotopic (exact) mass is 419 g/mol. The van der Waals surface area contributed by atoms with E-state index in [0.29, 0.717) is 28.8 Å². The first-order valence-electron chi connectivity index (χ1n) is 8.30. The molecule has 1 aromatic heterocycles. The Bertz CT molecular complexity index is 1100. The molecule has 0 radical (unpaired) electrons. The molecule has 0 amide bonds. The molecule has 5 nitrogen and oxygen atoms in total. The minimum absolute atomic E-state index is 0.192. The van der Waals surface area contributed by atoms with Gasteiger partial charge in [0, 0.05) is 46.9 Å². The second-order valence-electron chi connectivity index (χ2n) is 6.22. The van der Waals surface area contributed by atoms with E-state index in [9.17, 15) is 8.42 Å². The number of aromatic nitrogens is 2. The van der Waals surface area contributed by atoms with Crippen LogP contribution in [0.15, 0.2) is 59.6 Å². The van der Waals surface area contributed by atoms with Crippen molar-refractivity contribution in [2.75, 3.05) is 6.54 Å². The second kappa shape index (κ2) is 7.20. The van der Waals surface area contributed by atoms with Gasteiger partial charge in [0.2, 0.25) is 10.0 Å². The molecule has 138 valence electrons. The molecule has 0 spiro atoms. The highest BCUT2D eigenvalue weighted by Crippen LogP contribution is 2.27. The Hall–Kier alpha value is -1.99. The molecule has 0 unspecified atom stereocenters. The largest absolute Gasteiger partial charge is 0.243 e. The van der Waals surface area contributed by atoms with Gasteiger partial charge in [-0.3, -0.25) is 0 Å². The molecule has 2 aromatic carbocycles. The van der Waals surface area contributed by atoms with Crippen molar-refractivity contribution in [3.8, 4) is 11.4 Å². The number of fused-ring (bicyclic) bond motifs is 1. The lowest BCUT2D eigenvalue weighted by atomic mass is 10.1. The molecular weight excluding hydrogens is 405 g/mol. The van der Waals surface area contributed by atoms with Crippen LogP contribution in [0.25, 0.3) is 11.4 Å². The first kappa shape index (κ1) is 18.4. The Balaban J connectivity index is 1.61. The topological polar surface area (TPSA) is 63.2 Å². The van der Waals surface area contributed by atoms with Gasteiger partial charge in [0.05, 0.1) is 10.6 Å².